The van der Waals surface area contributed by atoms with E-state index in [4.69, 9.17) is 4.74 Å². The molecule has 0 aromatic carbocycles. The molecule has 23 heavy (non-hydrogen) atoms. The van der Waals surface area contributed by atoms with E-state index in [9.17, 15) is 4.79 Å². The monoisotopic (exact) mass is 325 g/mol. The van der Waals surface area contributed by atoms with E-state index in [2.05, 4.69) is 22.0 Å². The fraction of sp³-hybridized carbons (Fsp3) is 0.944. The Morgan fingerprint density at radius 2 is 1.96 bits per heavy atom. The summed E-state index contributed by atoms with van der Waals surface area (Å²) in [7, 11) is 1.77. The second-order valence-electron chi connectivity index (χ2n) is 7.04. The summed E-state index contributed by atoms with van der Waals surface area (Å²) in [5.74, 6) is 0.242. The largest absolute Gasteiger partial charge is 0.383 e. The molecule has 2 rings (SSSR count). The Morgan fingerprint density at radius 3 is 2.65 bits per heavy atom. The number of methoxy groups -OCH3 is 1. The Bertz CT molecular complexity index is 345. The van der Waals surface area contributed by atoms with E-state index in [-0.39, 0.29) is 5.91 Å². The third-order valence-electron chi connectivity index (χ3n) is 5.37. The molecule has 0 aromatic heterocycles. The molecule has 1 heterocycles. The van der Waals surface area contributed by atoms with Gasteiger partial charge in [-0.25, -0.2) is 0 Å². The SMILES string of the molecule is CCC1CN(CCC(=O)NC2CCCCC2)CCN1CCOC. The van der Waals surface area contributed by atoms with Gasteiger partial charge in [0.1, 0.15) is 0 Å². The maximum Gasteiger partial charge on any atom is 0.221 e. The molecule has 1 N–H and O–H groups in total. The highest BCUT2D eigenvalue weighted by Crippen LogP contribution is 2.17. The zero-order valence-electron chi connectivity index (χ0n) is 15.1. The number of carbonyl (C=O) groups is 1. The average Bonchev–Trinajstić information content (AvgIpc) is 2.59. The molecule has 134 valence electrons. The number of nitrogens with one attached hydrogen (secondary N) is 1. The lowest BCUT2D eigenvalue weighted by Crippen LogP contribution is -2.54. The minimum absolute atomic E-state index is 0.242. The highest BCUT2D eigenvalue weighted by atomic mass is 16.5. The standard InChI is InChI=1S/C18H35N3O2/c1-3-17-15-20(11-12-21(17)13-14-23-2)10-9-18(22)19-16-7-5-4-6-8-16/h16-17H,3-15H2,1-2H3,(H,19,22). The average molecular weight is 325 g/mol. The molecule has 1 saturated heterocycles. The summed E-state index contributed by atoms with van der Waals surface area (Å²) < 4.78 is 5.21. The van der Waals surface area contributed by atoms with Crippen LogP contribution in [0.4, 0.5) is 0 Å². The van der Waals surface area contributed by atoms with E-state index >= 15 is 0 Å². The molecule has 1 aliphatic carbocycles. The number of hydrogen-bond donors (Lipinski definition) is 1. The number of rotatable bonds is 8. The van der Waals surface area contributed by atoms with Gasteiger partial charge in [-0.3, -0.25) is 14.6 Å². The molecule has 0 bridgehead atoms. The fourth-order valence-electron chi connectivity index (χ4n) is 3.86. The van der Waals surface area contributed by atoms with Crippen LogP contribution in [0, 0.1) is 0 Å². The van der Waals surface area contributed by atoms with Gasteiger partial charge in [0, 0.05) is 58.3 Å². The predicted molar refractivity (Wildman–Crippen MR) is 93.6 cm³/mol. The number of nitrogens with zero attached hydrogens (tertiary/aromatic N) is 2. The van der Waals surface area contributed by atoms with E-state index in [1.54, 1.807) is 7.11 Å². The molecule has 1 aliphatic heterocycles. The first-order chi connectivity index (χ1) is 11.2. The van der Waals surface area contributed by atoms with E-state index in [0.29, 0.717) is 18.5 Å². The Morgan fingerprint density at radius 1 is 1.17 bits per heavy atom. The molecule has 1 atom stereocenters. The minimum atomic E-state index is 0.242. The second-order valence-corrected chi connectivity index (χ2v) is 7.04. The molecule has 2 fully saturated rings. The molecule has 0 aromatic rings. The van der Waals surface area contributed by atoms with Gasteiger partial charge in [0.05, 0.1) is 6.61 Å². The van der Waals surface area contributed by atoms with Crippen molar-refractivity contribution in [1.82, 2.24) is 15.1 Å². The second kappa shape index (κ2) is 10.3. The maximum absolute atomic E-state index is 12.1. The van der Waals surface area contributed by atoms with Gasteiger partial charge in [-0.1, -0.05) is 26.2 Å². The van der Waals surface area contributed by atoms with Crippen LogP contribution in [0.3, 0.4) is 0 Å². The smallest absolute Gasteiger partial charge is 0.221 e. The minimum Gasteiger partial charge on any atom is -0.383 e. The van der Waals surface area contributed by atoms with Gasteiger partial charge < -0.3 is 10.1 Å². The molecule has 1 amide bonds. The van der Waals surface area contributed by atoms with Gasteiger partial charge in [0.25, 0.3) is 0 Å². The third-order valence-corrected chi connectivity index (χ3v) is 5.37. The lowest BCUT2D eigenvalue weighted by atomic mass is 9.95. The fourth-order valence-corrected chi connectivity index (χ4v) is 3.86. The molecule has 5 heteroatoms. The van der Waals surface area contributed by atoms with Crippen LogP contribution in [-0.4, -0.2) is 74.2 Å². The zero-order valence-corrected chi connectivity index (χ0v) is 15.1. The van der Waals surface area contributed by atoms with Crippen molar-refractivity contribution in [3.63, 3.8) is 0 Å². The third kappa shape index (κ3) is 6.40. The Kier molecular flexibility index (Phi) is 8.34. The Hall–Kier alpha value is -0.650. The van der Waals surface area contributed by atoms with E-state index in [0.717, 1.165) is 45.8 Å². The predicted octanol–water partition coefficient (Wildman–Crippen LogP) is 1.87. The van der Waals surface area contributed by atoms with Crippen LogP contribution in [0.15, 0.2) is 0 Å². The number of carbonyl (C=O) groups excluding carboxylic acids is 1. The number of piperazine rings is 1. The van der Waals surface area contributed by atoms with Crippen molar-refractivity contribution in [2.75, 3.05) is 46.4 Å². The van der Waals surface area contributed by atoms with Gasteiger partial charge in [-0.15, -0.1) is 0 Å². The first kappa shape index (κ1) is 18.7. The van der Waals surface area contributed by atoms with Gasteiger partial charge in [0.15, 0.2) is 0 Å². The van der Waals surface area contributed by atoms with Crippen molar-refractivity contribution < 1.29 is 9.53 Å². The number of hydrogen-bond acceptors (Lipinski definition) is 4. The number of amides is 1. The molecule has 0 spiro atoms. The van der Waals surface area contributed by atoms with Crippen molar-refractivity contribution in [2.45, 2.75) is 64.0 Å². The summed E-state index contributed by atoms with van der Waals surface area (Å²) in [5.41, 5.74) is 0. The van der Waals surface area contributed by atoms with Crippen LogP contribution in [0.25, 0.3) is 0 Å². The molecule has 1 unspecified atom stereocenters. The Balaban J connectivity index is 1.66. The highest BCUT2D eigenvalue weighted by molar-refractivity contribution is 5.76. The van der Waals surface area contributed by atoms with Crippen molar-refractivity contribution in [1.29, 1.82) is 0 Å². The van der Waals surface area contributed by atoms with Gasteiger partial charge in [-0.2, -0.15) is 0 Å². The van der Waals surface area contributed by atoms with Gasteiger partial charge in [0.2, 0.25) is 5.91 Å². The maximum atomic E-state index is 12.1. The molecular formula is C18H35N3O2. The van der Waals surface area contributed by atoms with Crippen LogP contribution < -0.4 is 5.32 Å². The molecule has 5 nitrogen and oxygen atoms in total. The summed E-state index contributed by atoms with van der Waals surface area (Å²) >= 11 is 0. The topological polar surface area (TPSA) is 44.8 Å². The summed E-state index contributed by atoms with van der Waals surface area (Å²) in [5, 5.41) is 3.23. The van der Waals surface area contributed by atoms with E-state index in [1.165, 1.54) is 32.1 Å². The van der Waals surface area contributed by atoms with Crippen LogP contribution in [0.5, 0.6) is 0 Å². The summed E-state index contributed by atoms with van der Waals surface area (Å²) in [6, 6.07) is 1.03. The van der Waals surface area contributed by atoms with Crippen LogP contribution in [-0.2, 0) is 9.53 Å². The van der Waals surface area contributed by atoms with Crippen molar-refractivity contribution >= 4 is 5.91 Å². The quantitative estimate of drug-likeness (QED) is 0.740. The summed E-state index contributed by atoms with van der Waals surface area (Å²) in [6.45, 7) is 8.21. The van der Waals surface area contributed by atoms with E-state index in [1.807, 2.05) is 0 Å². The first-order valence-electron chi connectivity index (χ1n) is 9.47. The van der Waals surface area contributed by atoms with Crippen LogP contribution >= 0.6 is 0 Å². The highest BCUT2D eigenvalue weighted by Gasteiger charge is 2.25. The zero-order chi connectivity index (χ0) is 16.5. The number of ether oxygens (including phenoxy) is 1. The van der Waals surface area contributed by atoms with Crippen molar-refractivity contribution in [2.24, 2.45) is 0 Å². The normalized spacial score (nSPS) is 24.7. The van der Waals surface area contributed by atoms with Crippen molar-refractivity contribution in [3.05, 3.63) is 0 Å². The molecule has 0 radical (unpaired) electrons. The van der Waals surface area contributed by atoms with E-state index < -0.39 is 0 Å². The van der Waals surface area contributed by atoms with Crippen molar-refractivity contribution in [3.8, 4) is 0 Å². The van der Waals surface area contributed by atoms with Crippen LogP contribution in [0.1, 0.15) is 51.9 Å². The lowest BCUT2D eigenvalue weighted by Gasteiger charge is -2.41. The van der Waals surface area contributed by atoms with Crippen LogP contribution in [0.2, 0.25) is 0 Å². The summed E-state index contributed by atoms with van der Waals surface area (Å²) in [4.78, 5) is 17.1. The molecule has 1 saturated carbocycles. The molecular weight excluding hydrogens is 290 g/mol. The summed E-state index contributed by atoms with van der Waals surface area (Å²) in [6.07, 6.45) is 8.01. The van der Waals surface area contributed by atoms with Gasteiger partial charge in [-0.05, 0) is 19.3 Å². The van der Waals surface area contributed by atoms with Gasteiger partial charge >= 0.3 is 0 Å². The molecule has 2 aliphatic rings. The Labute approximate surface area is 141 Å². The lowest BCUT2D eigenvalue weighted by molar-refractivity contribution is -0.122. The first-order valence-corrected chi connectivity index (χ1v) is 9.47.